The maximum Gasteiger partial charge on any atom is 0.137 e. The van der Waals surface area contributed by atoms with E-state index in [0.717, 1.165) is 23.1 Å². The normalized spacial score (nSPS) is 11.9. The van der Waals surface area contributed by atoms with Crippen molar-refractivity contribution in [2.45, 2.75) is 26.3 Å². The Balaban J connectivity index is 0.00000128. The Morgan fingerprint density at radius 3 is 2.75 bits per heavy atom. The topological polar surface area (TPSA) is 37.8 Å². The van der Waals surface area contributed by atoms with Crippen molar-refractivity contribution in [3.05, 3.63) is 30.6 Å². The van der Waals surface area contributed by atoms with Crippen LogP contribution in [0.1, 0.15) is 20.3 Å². The van der Waals surface area contributed by atoms with Crippen LogP contribution in [0.25, 0.3) is 10.9 Å². The Morgan fingerprint density at radius 2 is 2.00 bits per heavy atom. The summed E-state index contributed by atoms with van der Waals surface area (Å²) < 4.78 is 0. The predicted molar refractivity (Wildman–Crippen MR) is 70.2 cm³/mol. The number of nitrogens with one attached hydrogen (secondary N) is 1. The molecular weight excluding hydrogens is 222 g/mol. The second-order valence-electron chi connectivity index (χ2n) is 3.69. The number of fused-ring (bicyclic) bond motifs is 1. The lowest BCUT2D eigenvalue weighted by Gasteiger charge is -2.13. The van der Waals surface area contributed by atoms with E-state index < -0.39 is 0 Å². The van der Waals surface area contributed by atoms with E-state index in [-0.39, 0.29) is 12.4 Å². The van der Waals surface area contributed by atoms with Gasteiger partial charge in [-0.25, -0.2) is 9.97 Å². The molecule has 0 saturated heterocycles. The van der Waals surface area contributed by atoms with Crippen molar-refractivity contribution >= 4 is 29.1 Å². The largest absolute Gasteiger partial charge is 0.367 e. The smallest absolute Gasteiger partial charge is 0.137 e. The molecule has 0 aliphatic carbocycles. The van der Waals surface area contributed by atoms with E-state index in [0.29, 0.717) is 6.04 Å². The molecule has 86 valence electrons. The zero-order chi connectivity index (χ0) is 10.7. The number of hydrogen-bond acceptors (Lipinski definition) is 3. The van der Waals surface area contributed by atoms with Crippen LogP contribution in [0.4, 0.5) is 5.82 Å². The SMILES string of the molecule is CCC(C)Nc1ncnc2ccccc12.Cl. The maximum atomic E-state index is 4.27. The molecule has 1 aromatic carbocycles. The van der Waals surface area contributed by atoms with Crippen LogP contribution in [0.3, 0.4) is 0 Å². The van der Waals surface area contributed by atoms with Gasteiger partial charge in [-0.3, -0.25) is 0 Å². The zero-order valence-electron chi connectivity index (χ0n) is 9.47. The molecule has 0 bridgehead atoms. The molecule has 1 atom stereocenters. The molecule has 2 rings (SSSR count). The Kier molecular flexibility index (Phi) is 4.50. The van der Waals surface area contributed by atoms with Gasteiger partial charge in [-0.05, 0) is 25.5 Å². The molecule has 1 aromatic heterocycles. The van der Waals surface area contributed by atoms with Crippen LogP contribution >= 0.6 is 12.4 Å². The van der Waals surface area contributed by atoms with E-state index in [2.05, 4.69) is 29.1 Å². The molecule has 0 aliphatic heterocycles. The van der Waals surface area contributed by atoms with E-state index in [4.69, 9.17) is 0 Å². The van der Waals surface area contributed by atoms with Gasteiger partial charge in [0.25, 0.3) is 0 Å². The molecule has 1 N–H and O–H groups in total. The van der Waals surface area contributed by atoms with Crippen LogP contribution in [0.2, 0.25) is 0 Å². The Labute approximate surface area is 102 Å². The third-order valence-corrected chi connectivity index (χ3v) is 2.54. The van der Waals surface area contributed by atoms with Crippen molar-refractivity contribution in [3.8, 4) is 0 Å². The fourth-order valence-electron chi connectivity index (χ4n) is 1.46. The molecule has 1 unspecified atom stereocenters. The van der Waals surface area contributed by atoms with Crippen molar-refractivity contribution in [2.75, 3.05) is 5.32 Å². The molecule has 0 amide bonds. The van der Waals surface area contributed by atoms with E-state index in [1.165, 1.54) is 0 Å². The van der Waals surface area contributed by atoms with E-state index in [1.54, 1.807) is 6.33 Å². The van der Waals surface area contributed by atoms with Crippen molar-refractivity contribution in [1.82, 2.24) is 9.97 Å². The van der Waals surface area contributed by atoms with Gasteiger partial charge in [0, 0.05) is 11.4 Å². The first-order valence-electron chi connectivity index (χ1n) is 5.27. The minimum atomic E-state index is 0. The molecule has 0 aliphatic rings. The van der Waals surface area contributed by atoms with Crippen LogP contribution in [-0.2, 0) is 0 Å². The van der Waals surface area contributed by atoms with Crippen LogP contribution in [0.15, 0.2) is 30.6 Å². The Morgan fingerprint density at radius 1 is 1.25 bits per heavy atom. The molecule has 0 spiro atoms. The monoisotopic (exact) mass is 237 g/mol. The highest BCUT2D eigenvalue weighted by atomic mass is 35.5. The summed E-state index contributed by atoms with van der Waals surface area (Å²) in [6, 6.07) is 8.47. The maximum absolute atomic E-state index is 4.27. The molecule has 0 fully saturated rings. The summed E-state index contributed by atoms with van der Waals surface area (Å²) in [4.78, 5) is 8.50. The zero-order valence-corrected chi connectivity index (χ0v) is 10.3. The number of halogens is 1. The van der Waals surface area contributed by atoms with Crippen LogP contribution in [-0.4, -0.2) is 16.0 Å². The summed E-state index contributed by atoms with van der Waals surface area (Å²) >= 11 is 0. The lowest BCUT2D eigenvalue weighted by molar-refractivity contribution is 0.760. The Bertz CT molecular complexity index is 453. The minimum absolute atomic E-state index is 0. The van der Waals surface area contributed by atoms with Gasteiger partial charge in [-0.1, -0.05) is 19.1 Å². The molecule has 1 heterocycles. The lowest BCUT2D eigenvalue weighted by Crippen LogP contribution is -2.14. The van der Waals surface area contributed by atoms with Crippen LogP contribution in [0.5, 0.6) is 0 Å². The molecule has 3 nitrogen and oxygen atoms in total. The molecule has 16 heavy (non-hydrogen) atoms. The van der Waals surface area contributed by atoms with Crippen molar-refractivity contribution in [3.63, 3.8) is 0 Å². The standard InChI is InChI=1S/C12H15N3.ClH/c1-3-9(2)15-12-10-6-4-5-7-11(10)13-8-14-12;/h4-9H,3H2,1-2H3,(H,13,14,15);1H. The second kappa shape index (κ2) is 5.66. The average molecular weight is 238 g/mol. The number of para-hydroxylation sites is 1. The number of rotatable bonds is 3. The van der Waals surface area contributed by atoms with Gasteiger partial charge < -0.3 is 5.32 Å². The first-order valence-corrected chi connectivity index (χ1v) is 5.27. The van der Waals surface area contributed by atoms with Gasteiger partial charge >= 0.3 is 0 Å². The summed E-state index contributed by atoms with van der Waals surface area (Å²) in [5, 5.41) is 4.47. The number of hydrogen-bond donors (Lipinski definition) is 1. The first-order chi connectivity index (χ1) is 7.31. The van der Waals surface area contributed by atoms with Gasteiger partial charge in [-0.2, -0.15) is 0 Å². The molecule has 4 heteroatoms. The van der Waals surface area contributed by atoms with Gasteiger partial charge in [0.05, 0.1) is 5.52 Å². The van der Waals surface area contributed by atoms with Gasteiger partial charge in [0.15, 0.2) is 0 Å². The first kappa shape index (κ1) is 12.7. The number of benzene rings is 1. The summed E-state index contributed by atoms with van der Waals surface area (Å²) in [5.74, 6) is 0.926. The summed E-state index contributed by atoms with van der Waals surface area (Å²) in [6.07, 6.45) is 2.69. The molecule has 2 aromatic rings. The van der Waals surface area contributed by atoms with E-state index >= 15 is 0 Å². The lowest BCUT2D eigenvalue weighted by atomic mass is 10.2. The van der Waals surface area contributed by atoms with Crippen molar-refractivity contribution in [2.24, 2.45) is 0 Å². The van der Waals surface area contributed by atoms with Crippen LogP contribution < -0.4 is 5.32 Å². The Hall–Kier alpha value is -1.35. The summed E-state index contributed by atoms with van der Waals surface area (Å²) in [6.45, 7) is 4.30. The third-order valence-electron chi connectivity index (χ3n) is 2.54. The quantitative estimate of drug-likeness (QED) is 0.891. The average Bonchev–Trinajstić information content (AvgIpc) is 2.29. The van der Waals surface area contributed by atoms with E-state index in [1.807, 2.05) is 24.3 Å². The van der Waals surface area contributed by atoms with Gasteiger partial charge in [0.2, 0.25) is 0 Å². The highest BCUT2D eigenvalue weighted by Crippen LogP contribution is 2.19. The number of nitrogens with zero attached hydrogens (tertiary/aromatic N) is 2. The number of anilines is 1. The molecule has 0 radical (unpaired) electrons. The molecular formula is C12H16ClN3. The fourth-order valence-corrected chi connectivity index (χ4v) is 1.46. The minimum Gasteiger partial charge on any atom is -0.367 e. The summed E-state index contributed by atoms with van der Waals surface area (Å²) in [5.41, 5.74) is 0.985. The highest BCUT2D eigenvalue weighted by Gasteiger charge is 2.04. The highest BCUT2D eigenvalue weighted by molar-refractivity contribution is 5.88. The van der Waals surface area contributed by atoms with Crippen molar-refractivity contribution in [1.29, 1.82) is 0 Å². The van der Waals surface area contributed by atoms with E-state index in [9.17, 15) is 0 Å². The fraction of sp³-hybridized carbons (Fsp3) is 0.333. The van der Waals surface area contributed by atoms with Gasteiger partial charge in [0.1, 0.15) is 12.1 Å². The van der Waals surface area contributed by atoms with Crippen LogP contribution in [0, 0.1) is 0 Å². The molecule has 0 saturated carbocycles. The predicted octanol–water partition coefficient (Wildman–Crippen LogP) is 3.26. The number of aromatic nitrogens is 2. The van der Waals surface area contributed by atoms with Gasteiger partial charge in [-0.15, -0.1) is 12.4 Å². The third kappa shape index (κ3) is 2.61. The second-order valence-corrected chi connectivity index (χ2v) is 3.69. The summed E-state index contributed by atoms with van der Waals surface area (Å²) in [7, 11) is 0. The van der Waals surface area contributed by atoms with Crippen molar-refractivity contribution < 1.29 is 0 Å².